The van der Waals surface area contributed by atoms with Gasteiger partial charge in [0.1, 0.15) is 29.6 Å². The highest BCUT2D eigenvalue weighted by Crippen LogP contribution is 2.48. The van der Waals surface area contributed by atoms with Gasteiger partial charge in [-0.2, -0.15) is 4.98 Å². The predicted molar refractivity (Wildman–Crippen MR) is 148 cm³/mol. The third-order valence-electron chi connectivity index (χ3n) is 7.52. The molecule has 2 aromatic carbocycles. The summed E-state index contributed by atoms with van der Waals surface area (Å²) in [6, 6.07) is 14.1. The van der Waals surface area contributed by atoms with E-state index in [4.69, 9.17) is 4.74 Å². The van der Waals surface area contributed by atoms with E-state index in [0.717, 1.165) is 5.56 Å². The fourth-order valence-corrected chi connectivity index (χ4v) is 4.82. The largest absolute Gasteiger partial charge is 0.477 e. The molecule has 0 radical (unpaired) electrons. The molecule has 8 nitrogen and oxygen atoms in total. The summed E-state index contributed by atoms with van der Waals surface area (Å²) in [6.07, 6.45) is 2.98. The van der Waals surface area contributed by atoms with Gasteiger partial charge in [0.15, 0.2) is 11.3 Å². The number of aromatic nitrogens is 5. The highest BCUT2D eigenvalue weighted by molar-refractivity contribution is 5.88. The number of halogens is 3. The Morgan fingerprint density at radius 3 is 2.50 bits per heavy atom. The standard InChI is InChI=1S/C31H26F3N5O3/c1-18-2-3-21(22(33)12-18)15-42-30-35-11-8-24(38-30)20-5-4-19(23(34)13-20)14-27-36-25-6-7-26(29(40)41)37-28(25)39(27)17-31(16-32)9-10-31/h2-8,11-13H,9-10,14-17H2,1H3,(H,40,41). The minimum atomic E-state index is -1.18. The number of pyridine rings is 1. The lowest BCUT2D eigenvalue weighted by molar-refractivity contribution is 0.0690. The molecule has 0 saturated heterocycles. The number of aryl methyl sites for hydroxylation is 1. The summed E-state index contributed by atoms with van der Waals surface area (Å²) < 4.78 is 50.7. The van der Waals surface area contributed by atoms with Crippen molar-refractivity contribution in [2.24, 2.45) is 5.41 Å². The van der Waals surface area contributed by atoms with E-state index < -0.39 is 23.9 Å². The molecule has 1 aliphatic carbocycles. The fraction of sp³-hybridized carbons (Fsp3) is 0.258. The molecule has 1 aliphatic rings. The van der Waals surface area contributed by atoms with Crippen LogP contribution in [0.15, 0.2) is 60.8 Å². The summed E-state index contributed by atoms with van der Waals surface area (Å²) in [4.78, 5) is 28.8. The Morgan fingerprint density at radius 1 is 1.00 bits per heavy atom. The third kappa shape index (κ3) is 5.54. The van der Waals surface area contributed by atoms with Gasteiger partial charge in [-0.25, -0.2) is 28.5 Å². The Morgan fingerprint density at radius 2 is 1.79 bits per heavy atom. The van der Waals surface area contributed by atoms with E-state index in [9.17, 15) is 18.7 Å². The zero-order valence-electron chi connectivity index (χ0n) is 22.6. The van der Waals surface area contributed by atoms with E-state index in [1.165, 1.54) is 24.4 Å². The number of imidazole rings is 1. The van der Waals surface area contributed by atoms with Gasteiger partial charge in [-0.3, -0.25) is 4.39 Å². The Kier molecular flexibility index (Phi) is 7.09. The molecule has 3 heterocycles. The predicted octanol–water partition coefficient (Wildman–Crippen LogP) is 6.09. The van der Waals surface area contributed by atoms with E-state index in [0.29, 0.717) is 52.2 Å². The molecule has 214 valence electrons. The number of carboxylic acids is 1. The third-order valence-corrected chi connectivity index (χ3v) is 7.52. The van der Waals surface area contributed by atoms with Crippen molar-refractivity contribution < 1.29 is 27.8 Å². The lowest BCUT2D eigenvalue weighted by Crippen LogP contribution is -2.17. The second-order valence-electron chi connectivity index (χ2n) is 10.7. The number of nitrogens with zero attached hydrogens (tertiary/aromatic N) is 5. The van der Waals surface area contributed by atoms with Gasteiger partial charge in [0.2, 0.25) is 0 Å². The van der Waals surface area contributed by atoms with Crippen LogP contribution in [-0.2, 0) is 19.6 Å². The monoisotopic (exact) mass is 573 g/mol. The Balaban J connectivity index is 1.25. The van der Waals surface area contributed by atoms with E-state index >= 15 is 4.39 Å². The van der Waals surface area contributed by atoms with Crippen LogP contribution in [0, 0.1) is 24.0 Å². The number of aromatic carboxylic acids is 1. The number of carbonyl (C=O) groups is 1. The molecule has 1 fully saturated rings. The van der Waals surface area contributed by atoms with Gasteiger partial charge in [-0.1, -0.05) is 24.3 Å². The van der Waals surface area contributed by atoms with Crippen LogP contribution in [0.2, 0.25) is 0 Å². The van der Waals surface area contributed by atoms with Gasteiger partial charge >= 0.3 is 12.0 Å². The molecular weight excluding hydrogens is 547 g/mol. The minimum absolute atomic E-state index is 0.0285. The maximum absolute atomic E-state index is 15.4. The molecule has 0 atom stereocenters. The van der Waals surface area contributed by atoms with E-state index in [1.54, 1.807) is 47.9 Å². The highest BCUT2D eigenvalue weighted by atomic mass is 19.1. The number of rotatable bonds is 10. The number of hydrogen-bond donors (Lipinski definition) is 1. The molecule has 0 unspecified atom stereocenters. The minimum Gasteiger partial charge on any atom is -0.477 e. The van der Waals surface area contributed by atoms with Gasteiger partial charge in [0.25, 0.3) is 0 Å². The van der Waals surface area contributed by atoms with Crippen LogP contribution in [0.25, 0.3) is 22.4 Å². The van der Waals surface area contributed by atoms with Crippen molar-refractivity contribution in [3.63, 3.8) is 0 Å². The van der Waals surface area contributed by atoms with E-state index in [-0.39, 0.29) is 37.1 Å². The van der Waals surface area contributed by atoms with Crippen molar-refractivity contribution in [3.8, 4) is 17.3 Å². The summed E-state index contributed by atoms with van der Waals surface area (Å²) in [5, 5.41) is 9.41. The van der Waals surface area contributed by atoms with Gasteiger partial charge in [-0.05, 0) is 61.2 Å². The van der Waals surface area contributed by atoms with Crippen molar-refractivity contribution in [2.45, 2.75) is 39.3 Å². The van der Waals surface area contributed by atoms with Crippen molar-refractivity contribution in [1.82, 2.24) is 24.5 Å². The average Bonchev–Trinajstić information content (AvgIpc) is 3.68. The summed E-state index contributed by atoms with van der Waals surface area (Å²) in [5.74, 6) is -1.60. The Labute approximate surface area is 238 Å². The number of benzene rings is 2. The van der Waals surface area contributed by atoms with Crippen LogP contribution in [0.1, 0.15) is 45.8 Å². The SMILES string of the molecule is Cc1ccc(COc2nccc(-c3ccc(Cc4nc5ccc(C(=O)O)nc5n4CC4(CF)CC4)c(F)c3)n2)c(F)c1. The van der Waals surface area contributed by atoms with Crippen LogP contribution in [0.4, 0.5) is 13.2 Å². The van der Waals surface area contributed by atoms with Crippen LogP contribution in [0.5, 0.6) is 6.01 Å². The van der Waals surface area contributed by atoms with Crippen LogP contribution >= 0.6 is 0 Å². The topological polar surface area (TPSA) is 103 Å². The summed E-state index contributed by atoms with van der Waals surface area (Å²) in [6.45, 7) is 1.50. The Hall–Kier alpha value is -4.80. The molecule has 1 N–H and O–H groups in total. The van der Waals surface area contributed by atoms with Crippen LogP contribution in [0.3, 0.4) is 0 Å². The number of carboxylic acid groups (broad SMARTS) is 1. The lowest BCUT2D eigenvalue weighted by atomic mass is 10.1. The summed E-state index contributed by atoms with van der Waals surface area (Å²) in [7, 11) is 0. The molecule has 11 heteroatoms. The zero-order chi connectivity index (χ0) is 29.4. The Bertz CT molecular complexity index is 1820. The molecule has 1 saturated carbocycles. The van der Waals surface area contributed by atoms with Gasteiger partial charge < -0.3 is 14.4 Å². The van der Waals surface area contributed by atoms with Crippen molar-refractivity contribution >= 4 is 17.1 Å². The molecule has 5 aromatic rings. The molecule has 0 aliphatic heterocycles. The first-order chi connectivity index (χ1) is 20.2. The molecule has 0 amide bonds. The molecule has 0 bridgehead atoms. The normalized spacial score (nSPS) is 13.8. The van der Waals surface area contributed by atoms with Crippen molar-refractivity contribution in [2.75, 3.05) is 6.67 Å². The summed E-state index contributed by atoms with van der Waals surface area (Å²) >= 11 is 0. The number of hydrogen-bond acceptors (Lipinski definition) is 6. The van der Waals surface area contributed by atoms with Gasteiger partial charge in [-0.15, -0.1) is 0 Å². The second-order valence-corrected chi connectivity index (χ2v) is 10.7. The van der Waals surface area contributed by atoms with Crippen molar-refractivity contribution in [1.29, 1.82) is 0 Å². The zero-order valence-corrected chi connectivity index (χ0v) is 22.6. The first kappa shape index (κ1) is 27.4. The van der Waals surface area contributed by atoms with Gasteiger partial charge in [0, 0.05) is 35.7 Å². The summed E-state index contributed by atoms with van der Waals surface area (Å²) in [5.41, 5.74) is 2.53. The smallest absolute Gasteiger partial charge is 0.354 e. The van der Waals surface area contributed by atoms with E-state index in [2.05, 4.69) is 19.9 Å². The lowest BCUT2D eigenvalue weighted by Gasteiger charge is -2.15. The van der Waals surface area contributed by atoms with Crippen molar-refractivity contribution in [3.05, 3.63) is 101 Å². The molecular formula is C31H26F3N5O3. The average molecular weight is 574 g/mol. The molecule has 42 heavy (non-hydrogen) atoms. The number of fused-ring (bicyclic) bond motifs is 1. The quantitative estimate of drug-likeness (QED) is 0.216. The molecule has 0 spiro atoms. The van der Waals surface area contributed by atoms with Crippen LogP contribution in [-0.4, -0.2) is 42.3 Å². The molecule has 3 aromatic heterocycles. The maximum atomic E-state index is 15.4. The van der Waals surface area contributed by atoms with Gasteiger partial charge in [0.05, 0.1) is 12.4 Å². The van der Waals surface area contributed by atoms with Crippen LogP contribution < -0.4 is 4.74 Å². The van der Waals surface area contributed by atoms with E-state index in [1.807, 2.05) is 0 Å². The number of alkyl halides is 1. The molecule has 6 rings (SSSR count). The highest BCUT2D eigenvalue weighted by Gasteiger charge is 2.44. The number of ether oxygens (including phenoxy) is 1. The second kappa shape index (κ2) is 10.9. The first-order valence-corrected chi connectivity index (χ1v) is 13.4. The first-order valence-electron chi connectivity index (χ1n) is 13.4. The maximum Gasteiger partial charge on any atom is 0.354 e. The fourth-order valence-electron chi connectivity index (χ4n) is 4.82.